The van der Waals surface area contributed by atoms with E-state index in [0.717, 1.165) is 5.56 Å². The predicted molar refractivity (Wildman–Crippen MR) is 97.9 cm³/mol. The van der Waals surface area contributed by atoms with Crippen LogP contribution in [0.1, 0.15) is 37.8 Å². The number of rotatable bonds is 6. The van der Waals surface area contributed by atoms with Crippen LogP contribution in [-0.2, 0) is 9.53 Å². The third kappa shape index (κ3) is 7.76. The lowest BCUT2D eigenvalue weighted by Crippen LogP contribution is -2.49. The van der Waals surface area contributed by atoms with E-state index in [1.165, 1.54) is 11.6 Å². The summed E-state index contributed by atoms with van der Waals surface area (Å²) in [4.78, 5) is 11.7. The standard InChI is InChI=1S/C17H25N3O2S/c1-12(2)15-8-5-14(6-9-15)7-10-16(21)19-20-17(23)18-13(3)11-22-4/h5-10,12-13H,11H2,1-4H3,(H,19,21)(H2,18,20,23)/b10-7+/t13-/m0/s1. The summed E-state index contributed by atoms with van der Waals surface area (Å²) < 4.78 is 4.99. The summed E-state index contributed by atoms with van der Waals surface area (Å²) in [5.74, 6) is 0.219. The van der Waals surface area contributed by atoms with Crippen molar-refractivity contribution in [3.8, 4) is 0 Å². The molecule has 0 aromatic heterocycles. The Morgan fingerprint density at radius 2 is 1.87 bits per heavy atom. The predicted octanol–water partition coefficient (Wildman–Crippen LogP) is 2.35. The average Bonchev–Trinajstić information content (AvgIpc) is 2.51. The molecule has 0 heterocycles. The monoisotopic (exact) mass is 335 g/mol. The van der Waals surface area contributed by atoms with Crippen LogP contribution in [0.4, 0.5) is 0 Å². The number of carbonyl (C=O) groups excluding carboxylic acids is 1. The quantitative estimate of drug-likeness (QED) is 0.423. The Hall–Kier alpha value is -1.92. The van der Waals surface area contributed by atoms with Gasteiger partial charge in [-0.25, -0.2) is 0 Å². The van der Waals surface area contributed by atoms with Crippen molar-refractivity contribution < 1.29 is 9.53 Å². The molecule has 0 spiro atoms. The van der Waals surface area contributed by atoms with Crippen LogP contribution >= 0.6 is 12.2 Å². The van der Waals surface area contributed by atoms with Gasteiger partial charge in [-0.3, -0.25) is 15.6 Å². The number of hydrogen-bond donors (Lipinski definition) is 3. The van der Waals surface area contributed by atoms with Gasteiger partial charge in [0, 0.05) is 19.2 Å². The number of methoxy groups -OCH3 is 1. The molecule has 0 aliphatic rings. The summed E-state index contributed by atoms with van der Waals surface area (Å²) in [5.41, 5.74) is 7.40. The van der Waals surface area contributed by atoms with E-state index in [2.05, 4.69) is 42.1 Å². The van der Waals surface area contributed by atoms with Gasteiger partial charge in [-0.1, -0.05) is 38.1 Å². The molecule has 1 atom stereocenters. The summed E-state index contributed by atoms with van der Waals surface area (Å²) >= 11 is 5.06. The second-order valence-corrected chi connectivity index (χ2v) is 6.01. The van der Waals surface area contributed by atoms with Crippen LogP contribution in [0.3, 0.4) is 0 Å². The largest absolute Gasteiger partial charge is 0.383 e. The van der Waals surface area contributed by atoms with E-state index in [0.29, 0.717) is 17.6 Å². The van der Waals surface area contributed by atoms with E-state index in [-0.39, 0.29) is 11.9 Å². The topological polar surface area (TPSA) is 62.4 Å². The summed E-state index contributed by atoms with van der Waals surface area (Å²) in [6.45, 7) is 6.75. The molecule has 0 radical (unpaired) electrons. The lowest BCUT2D eigenvalue weighted by molar-refractivity contribution is -0.116. The zero-order valence-electron chi connectivity index (χ0n) is 14.1. The zero-order valence-corrected chi connectivity index (χ0v) is 14.9. The molecule has 0 aliphatic carbocycles. The lowest BCUT2D eigenvalue weighted by Gasteiger charge is -2.15. The van der Waals surface area contributed by atoms with Crippen LogP contribution in [0, 0.1) is 0 Å². The highest BCUT2D eigenvalue weighted by molar-refractivity contribution is 7.80. The minimum Gasteiger partial charge on any atom is -0.383 e. The van der Waals surface area contributed by atoms with Gasteiger partial charge in [0.2, 0.25) is 0 Å². The summed E-state index contributed by atoms with van der Waals surface area (Å²) in [7, 11) is 1.62. The molecule has 1 rings (SSSR count). The van der Waals surface area contributed by atoms with E-state index in [4.69, 9.17) is 17.0 Å². The number of thiocarbonyl (C=S) groups is 1. The Morgan fingerprint density at radius 3 is 2.43 bits per heavy atom. The van der Waals surface area contributed by atoms with Gasteiger partial charge in [0.15, 0.2) is 5.11 Å². The van der Waals surface area contributed by atoms with Crippen molar-refractivity contribution in [1.82, 2.24) is 16.2 Å². The molecule has 0 saturated carbocycles. The van der Waals surface area contributed by atoms with E-state index in [1.807, 2.05) is 19.1 Å². The van der Waals surface area contributed by atoms with Crippen LogP contribution in [0.2, 0.25) is 0 Å². The van der Waals surface area contributed by atoms with Crippen molar-refractivity contribution >= 4 is 29.3 Å². The molecule has 126 valence electrons. The van der Waals surface area contributed by atoms with Crippen molar-refractivity contribution in [3.63, 3.8) is 0 Å². The number of ether oxygens (including phenoxy) is 1. The SMILES string of the molecule is COC[C@H](C)NC(=S)NNC(=O)/C=C/c1ccc(C(C)C)cc1. The molecule has 1 aromatic carbocycles. The van der Waals surface area contributed by atoms with Crippen molar-refractivity contribution in [2.75, 3.05) is 13.7 Å². The van der Waals surface area contributed by atoms with E-state index >= 15 is 0 Å². The van der Waals surface area contributed by atoms with Crippen molar-refractivity contribution in [2.45, 2.75) is 32.7 Å². The number of amides is 1. The van der Waals surface area contributed by atoms with Crippen molar-refractivity contribution in [2.24, 2.45) is 0 Å². The summed E-state index contributed by atoms with van der Waals surface area (Å²) in [6.07, 6.45) is 3.21. The Kier molecular flexibility index (Phi) is 8.29. The van der Waals surface area contributed by atoms with Crippen LogP contribution < -0.4 is 16.2 Å². The van der Waals surface area contributed by atoms with Gasteiger partial charge >= 0.3 is 0 Å². The highest BCUT2D eigenvalue weighted by Crippen LogP contribution is 2.15. The Morgan fingerprint density at radius 1 is 1.22 bits per heavy atom. The Labute approximate surface area is 143 Å². The van der Waals surface area contributed by atoms with Crippen molar-refractivity contribution in [1.29, 1.82) is 0 Å². The molecule has 5 nitrogen and oxygen atoms in total. The third-order valence-electron chi connectivity index (χ3n) is 3.12. The number of hydrazine groups is 1. The Balaban J connectivity index is 2.39. The first kappa shape index (κ1) is 19.1. The highest BCUT2D eigenvalue weighted by Gasteiger charge is 2.03. The fourth-order valence-electron chi connectivity index (χ4n) is 1.88. The van der Waals surface area contributed by atoms with Gasteiger partial charge in [0.05, 0.1) is 6.61 Å². The summed E-state index contributed by atoms with van der Waals surface area (Å²) in [5, 5.41) is 3.33. The molecule has 1 amide bonds. The number of hydrogen-bond acceptors (Lipinski definition) is 3. The van der Waals surface area contributed by atoms with Gasteiger partial charge in [0.1, 0.15) is 0 Å². The second kappa shape index (κ2) is 9.97. The molecule has 0 aliphatic heterocycles. The van der Waals surface area contributed by atoms with Gasteiger partial charge in [-0.15, -0.1) is 0 Å². The first-order valence-corrected chi connectivity index (χ1v) is 7.96. The maximum absolute atomic E-state index is 11.7. The molecule has 0 saturated heterocycles. The number of carbonyl (C=O) groups is 1. The fraction of sp³-hybridized carbons (Fsp3) is 0.412. The number of nitrogens with one attached hydrogen (secondary N) is 3. The minimum atomic E-state index is -0.276. The van der Waals surface area contributed by atoms with Crippen LogP contribution in [0.15, 0.2) is 30.3 Å². The van der Waals surface area contributed by atoms with E-state index in [1.54, 1.807) is 13.2 Å². The van der Waals surface area contributed by atoms with E-state index in [9.17, 15) is 4.79 Å². The molecule has 0 fully saturated rings. The van der Waals surface area contributed by atoms with Gasteiger partial charge in [-0.2, -0.15) is 0 Å². The third-order valence-corrected chi connectivity index (χ3v) is 3.34. The molecule has 1 aromatic rings. The summed E-state index contributed by atoms with van der Waals surface area (Å²) in [6, 6.07) is 8.18. The van der Waals surface area contributed by atoms with Crippen LogP contribution in [0.5, 0.6) is 0 Å². The maximum Gasteiger partial charge on any atom is 0.262 e. The van der Waals surface area contributed by atoms with Crippen LogP contribution in [0.25, 0.3) is 6.08 Å². The van der Waals surface area contributed by atoms with E-state index < -0.39 is 0 Å². The normalized spacial score (nSPS) is 12.2. The zero-order chi connectivity index (χ0) is 17.2. The van der Waals surface area contributed by atoms with Gasteiger partial charge < -0.3 is 10.1 Å². The molecular weight excluding hydrogens is 310 g/mol. The highest BCUT2D eigenvalue weighted by atomic mass is 32.1. The minimum absolute atomic E-state index is 0.0620. The molecule has 23 heavy (non-hydrogen) atoms. The van der Waals surface area contributed by atoms with Crippen molar-refractivity contribution in [3.05, 3.63) is 41.5 Å². The molecule has 3 N–H and O–H groups in total. The molecule has 6 heteroatoms. The fourth-order valence-corrected chi connectivity index (χ4v) is 2.13. The van der Waals surface area contributed by atoms with Gasteiger partial charge in [-0.05, 0) is 42.3 Å². The molecular formula is C17H25N3O2S. The Bertz CT molecular complexity index is 541. The smallest absolute Gasteiger partial charge is 0.262 e. The second-order valence-electron chi connectivity index (χ2n) is 5.60. The molecule has 0 bridgehead atoms. The molecule has 0 unspecified atom stereocenters. The maximum atomic E-state index is 11.7. The lowest BCUT2D eigenvalue weighted by atomic mass is 10.0. The van der Waals surface area contributed by atoms with Crippen LogP contribution in [-0.4, -0.2) is 30.8 Å². The average molecular weight is 335 g/mol. The first-order valence-electron chi connectivity index (χ1n) is 7.55. The number of benzene rings is 1. The first-order chi connectivity index (χ1) is 10.9. The van der Waals surface area contributed by atoms with Gasteiger partial charge in [0.25, 0.3) is 5.91 Å².